The molecule has 0 radical (unpaired) electrons. The van der Waals surface area contributed by atoms with Crippen LogP contribution in [0.4, 0.5) is 11.4 Å². The summed E-state index contributed by atoms with van der Waals surface area (Å²) in [6, 6.07) is 9.58. The van der Waals surface area contributed by atoms with E-state index in [1.807, 2.05) is 30.3 Å². The van der Waals surface area contributed by atoms with E-state index in [9.17, 15) is 4.79 Å². The Bertz CT molecular complexity index is 612. The van der Waals surface area contributed by atoms with E-state index in [1.165, 1.54) is 6.20 Å². The van der Waals surface area contributed by atoms with Crippen LogP contribution >= 0.6 is 0 Å². The zero-order chi connectivity index (χ0) is 14.5. The van der Waals surface area contributed by atoms with Crippen LogP contribution in [0.2, 0.25) is 0 Å². The molecule has 104 valence electrons. The lowest BCUT2D eigenvalue weighted by Gasteiger charge is -2.14. The highest BCUT2D eigenvalue weighted by molar-refractivity contribution is 6.00. The van der Waals surface area contributed by atoms with E-state index in [0.29, 0.717) is 29.2 Å². The first kappa shape index (κ1) is 13.9. The number of nitrogens with one attached hydrogen (secondary N) is 1. The van der Waals surface area contributed by atoms with Crippen LogP contribution in [0, 0.1) is 0 Å². The van der Waals surface area contributed by atoms with Crippen molar-refractivity contribution < 1.29 is 9.53 Å². The lowest BCUT2D eigenvalue weighted by atomic mass is 10.1. The summed E-state index contributed by atoms with van der Waals surface area (Å²) in [6.07, 6.45) is 1.49. The van der Waals surface area contributed by atoms with Crippen LogP contribution in [-0.2, 0) is 4.74 Å². The van der Waals surface area contributed by atoms with Crippen molar-refractivity contribution >= 4 is 17.3 Å². The van der Waals surface area contributed by atoms with Crippen LogP contribution in [0.5, 0.6) is 0 Å². The number of carbonyl (C=O) groups is 1. The fourth-order valence-corrected chi connectivity index (χ4v) is 1.99. The molecule has 2 rings (SSSR count). The number of benzene rings is 1. The molecule has 0 aliphatic rings. The number of esters is 1. The zero-order valence-electron chi connectivity index (χ0n) is 11.5. The number of nitrogen functional groups attached to an aromatic ring is 1. The Kier molecular flexibility index (Phi) is 4.20. The number of nitrogens with zero attached hydrogens (tertiary/aromatic N) is 1. The van der Waals surface area contributed by atoms with Crippen molar-refractivity contribution in [2.75, 3.05) is 24.7 Å². The van der Waals surface area contributed by atoms with Crippen molar-refractivity contribution in [3.63, 3.8) is 0 Å². The van der Waals surface area contributed by atoms with E-state index in [4.69, 9.17) is 10.5 Å². The van der Waals surface area contributed by atoms with Gasteiger partial charge in [0, 0.05) is 18.8 Å². The summed E-state index contributed by atoms with van der Waals surface area (Å²) in [6.45, 7) is 2.06. The molecule has 0 aliphatic heterocycles. The second kappa shape index (κ2) is 6.06. The summed E-state index contributed by atoms with van der Waals surface area (Å²) < 4.78 is 5.00. The molecule has 20 heavy (non-hydrogen) atoms. The molecule has 0 spiro atoms. The molecule has 0 atom stereocenters. The molecule has 0 fully saturated rings. The predicted octanol–water partition coefficient (Wildman–Crippen LogP) is 2.55. The summed E-state index contributed by atoms with van der Waals surface area (Å²) in [5.41, 5.74) is 8.98. The number of nitrogens with two attached hydrogens (primary N) is 1. The minimum absolute atomic E-state index is 0.308. The third-order valence-corrected chi connectivity index (χ3v) is 2.91. The Hall–Kier alpha value is -2.56. The van der Waals surface area contributed by atoms with E-state index in [0.717, 1.165) is 5.56 Å². The molecule has 0 amide bonds. The average molecular weight is 271 g/mol. The standard InChI is InChI=1S/C15H17N3O2/c1-3-20-15(19)11-9-18-13(12(16)14(11)17-2)10-7-5-4-6-8-10/h4-9H,3,16H2,1-2H3,(H,17,18). The van der Waals surface area contributed by atoms with Gasteiger partial charge in [-0.3, -0.25) is 4.98 Å². The lowest BCUT2D eigenvalue weighted by Crippen LogP contribution is -2.11. The Labute approximate surface area is 117 Å². The molecule has 5 heteroatoms. The third kappa shape index (κ3) is 2.56. The van der Waals surface area contributed by atoms with Gasteiger partial charge in [-0.2, -0.15) is 0 Å². The first-order chi connectivity index (χ1) is 9.69. The Morgan fingerprint density at radius 2 is 2.05 bits per heavy atom. The number of anilines is 2. The zero-order valence-corrected chi connectivity index (χ0v) is 11.5. The van der Waals surface area contributed by atoms with Gasteiger partial charge >= 0.3 is 5.97 Å². The number of ether oxygens (including phenoxy) is 1. The number of hydrogen-bond acceptors (Lipinski definition) is 5. The summed E-state index contributed by atoms with van der Waals surface area (Å²) in [7, 11) is 1.71. The van der Waals surface area contributed by atoms with E-state index in [1.54, 1.807) is 14.0 Å². The highest BCUT2D eigenvalue weighted by Crippen LogP contribution is 2.32. The Balaban J connectivity index is 2.52. The van der Waals surface area contributed by atoms with Crippen LogP contribution in [-0.4, -0.2) is 24.6 Å². The average Bonchev–Trinajstić information content (AvgIpc) is 2.48. The first-order valence-corrected chi connectivity index (χ1v) is 6.37. The minimum atomic E-state index is -0.435. The number of pyridine rings is 1. The molecular formula is C15H17N3O2. The maximum Gasteiger partial charge on any atom is 0.341 e. The predicted molar refractivity (Wildman–Crippen MR) is 79.6 cm³/mol. The molecule has 0 saturated heterocycles. The van der Waals surface area contributed by atoms with Gasteiger partial charge in [0.25, 0.3) is 0 Å². The maximum absolute atomic E-state index is 11.9. The second-order valence-corrected chi connectivity index (χ2v) is 4.15. The van der Waals surface area contributed by atoms with E-state index in [2.05, 4.69) is 10.3 Å². The molecule has 1 heterocycles. The fourth-order valence-electron chi connectivity index (χ4n) is 1.99. The van der Waals surface area contributed by atoms with Gasteiger partial charge in [-0.25, -0.2) is 4.79 Å². The van der Waals surface area contributed by atoms with Gasteiger partial charge in [0.2, 0.25) is 0 Å². The Morgan fingerprint density at radius 1 is 1.35 bits per heavy atom. The monoisotopic (exact) mass is 271 g/mol. The topological polar surface area (TPSA) is 77.2 Å². The van der Waals surface area contributed by atoms with Crippen molar-refractivity contribution in [2.24, 2.45) is 0 Å². The summed E-state index contributed by atoms with van der Waals surface area (Å²) >= 11 is 0. The largest absolute Gasteiger partial charge is 0.462 e. The Morgan fingerprint density at radius 3 is 2.65 bits per heavy atom. The second-order valence-electron chi connectivity index (χ2n) is 4.15. The van der Waals surface area contributed by atoms with Gasteiger partial charge in [-0.1, -0.05) is 30.3 Å². The van der Waals surface area contributed by atoms with E-state index >= 15 is 0 Å². The van der Waals surface area contributed by atoms with Crippen molar-refractivity contribution in [1.82, 2.24) is 4.98 Å². The van der Waals surface area contributed by atoms with Gasteiger partial charge in [-0.05, 0) is 6.92 Å². The summed E-state index contributed by atoms with van der Waals surface area (Å²) in [5, 5.41) is 2.95. The third-order valence-electron chi connectivity index (χ3n) is 2.91. The van der Waals surface area contributed by atoms with Gasteiger partial charge in [0.1, 0.15) is 5.56 Å². The molecule has 1 aromatic carbocycles. The minimum Gasteiger partial charge on any atom is -0.462 e. The van der Waals surface area contributed by atoms with Crippen LogP contribution in [0.3, 0.4) is 0 Å². The first-order valence-electron chi connectivity index (χ1n) is 6.37. The molecule has 1 aromatic heterocycles. The van der Waals surface area contributed by atoms with Crippen LogP contribution < -0.4 is 11.1 Å². The van der Waals surface area contributed by atoms with Gasteiger partial charge in [0.15, 0.2) is 0 Å². The van der Waals surface area contributed by atoms with E-state index < -0.39 is 5.97 Å². The van der Waals surface area contributed by atoms with Gasteiger partial charge in [0.05, 0.1) is 23.7 Å². The van der Waals surface area contributed by atoms with E-state index in [-0.39, 0.29) is 0 Å². The fraction of sp³-hybridized carbons (Fsp3) is 0.200. The maximum atomic E-state index is 11.9. The number of rotatable bonds is 4. The molecule has 0 saturated carbocycles. The molecule has 5 nitrogen and oxygen atoms in total. The highest BCUT2D eigenvalue weighted by Gasteiger charge is 2.18. The number of aromatic nitrogens is 1. The van der Waals surface area contributed by atoms with Crippen LogP contribution in [0.15, 0.2) is 36.5 Å². The molecule has 0 unspecified atom stereocenters. The molecule has 0 aliphatic carbocycles. The summed E-state index contributed by atoms with van der Waals surface area (Å²) in [4.78, 5) is 16.2. The molecular weight excluding hydrogens is 254 g/mol. The van der Waals surface area contributed by atoms with Crippen molar-refractivity contribution in [2.45, 2.75) is 6.92 Å². The van der Waals surface area contributed by atoms with Crippen molar-refractivity contribution in [1.29, 1.82) is 0 Å². The SMILES string of the molecule is CCOC(=O)c1cnc(-c2ccccc2)c(N)c1NC. The van der Waals surface area contributed by atoms with Crippen molar-refractivity contribution in [3.05, 3.63) is 42.1 Å². The quantitative estimate of drug-likeness (QED) is 0.836. The lowest BCUT2D eigenvalue weighted by molar-refractivity contribution is 0.0527. The number of hydrogen-bond donors (Lipinski definition) is 2. The van der Waals surface area contributed by atoms with Crippen LogP contribution in [0.1, 0.15) is 17.3 Å². The molecule has 2 aromatic rings. The normalized spacial score (nSPS) is 10.1. The summed E-state index contributed by atoms with van der Waals surface area (Å²) in [5.74, 6) is -0.435. The van der Waals surface area contributed by atoms with Gasteiger partial charge < -0.3 is 15.8 Å². The smallest absolute Gasteiger partial charge is 0.341 e. The highest BCUT2D eigenvalue weighted by atomic mass is 16.5. The number of carbonyl (C=O) groups excluding carboxylic acids is 1. The molecule has 3 N–H and O–H groups in total. The van der Waals surface area contributed by atoms with Crippen molar-refractivity contribution in [3.8, 4) is 11.3 Å². The van der Waals surface area contributed by atoms with Gasteiger partial charge in [-0.15, -0.1) is 0 Å². The van der Waals surface area contributed by atoms with Crippen LogP contribution in [0.25, 0.3) is 11.3 Å². The molecule has 0 bridgehead atoms.